The van der Waals surface area contributed by atoms with E-state index >= 15 is 0 Å². The van der Waals surface area contributed by atoms with Gasteiger partial charge in [0.2, 0.25) is 0 Å². The number of carbonyl (C=O) groups excluding carboxylic acids is 1. The molecule has 0 aromatic heterocycles. The standard InChI is InChI=1S/C13H15ClO2/c1-5-9-6-7-10(11(14)8-9)12(15)16-13(2,3)4/h5-8H,1H2,2-4H3. The fraction of sp³-hybridized carbons (Fsp3) is 0.308. The topological polar surface area (TPSA) is 26.3 Å². The van der Waals surface area contributed by atoms with Crippen molar-refractivity contribution in [2.75, 3.05) is 0 Å². The molecule has 3 heteroatoms. The van der Waals surface area contributed by atoms with Gasteiger partial charge in [0.25, 0.3) is 0 Å². The lowest BCUT2D eigenvalue weighted by molar-refractivity contribution is 0.00698. The Hall–Kier alpha value is -1.28. The summed E-state index contributed by atoms with van der Waals surface area (Å²) < 4.78 is 5.23. The molecule has 0 N–H and O–H groups in total. The third kappa shape index (κ3) is 3.38. The Morgan fingerprint density at radius 1 is 1.44 bits per heavy atom. The van der Waals surface area contributed by atoms with Gasteiger partial charge in [-0.3, -0.25) is 0 Å². The highest BCUT2D eigenvalue weighted by Gasteiger charge is 2.19. The van der Waals surface area contributed by atoms with E-state index in [4.69, 9.17) is 16.3 Å². The second kappa shape index (κ2) is 4.71. The van der Waals surface area contributed by atoms with Gasteiger partial charge in [-0.2, -0.15) is 0 Å². The molecule has 0 aliphatic carbocycles. The molecule has 0 unspecified atom stereocenters. The van der Waals surface area contributed by atoms with Crippen LogP contribution >= 0.6 is 11.6 Å². The molecule has 16 heavy (non-hydrogen) atoms. The molecule has 0 atom stereocenters. The maximum atomic E-state index is 11.7. The van der Waals surface area contributed by atoms with Gasteiger partial charge in [0.15, 0.2) is 0 Å². The average Bonchev–Trinajstić information content (AvgIpc) is 2.14. The SMILES string of the molecule is C=Cc1ccc(C(=O)OC(C)(C)C)c(Cl)c1. The molecule has 0 aliphatic rings. The highest BCUT2D eigenvalue weighted by molar-refractivity contribution is 6.33. The normalized spacial score (nSPS) is 11.0. The predicted octanol–water partition coefficient (Wildman–Crippen LogP) is 3.94. The number of ether oxygens (including phenoxy) is 1. The van der Waals surface area contributed by atoms with Crippen molar-refractivity contribution in [1.82, 2.24) is 0 Å². The summed E-state index contributed by atoms with van der Waals surface area (Å²) in [6, 6.07) is 5.11. The quantitative estimate of drug-likeness (QED) is 0.730. The summed E-state index contributed by atoms with van der Waals surface area (Å²) in [6.45, 7) is 9.08. The monoisotopic (exact) mass is 238 g/mol. The highest BCUT2D eigenvalue weighted by Crippen LogP contribution is 2.21. The van der Waals surface area contributed by atoms with E-state index in [1.54, 1.807) is 24.3 Å². The molecule has 0 spiro atoms. The fourth-order valence-electron chi connectivity index (χ4n) is 1.16. The minimum Gasteiger partial charge on any atom is -0.456 e. The van der Waals surface area contributed by atoms with Crippen molar-refractivity contribution < 1.29 is 9.53 Å². The largest absolute Gasteiger partial charge is 0.456 e. The fourth-order valence-corrected chi connectivity index (χ4v) is 1.42. The molecule has 0 saturated carbocycles. The van der Waals surface area contributed by atoms with Gasteiger partial charge >= 0.3 is 5.97 Å². The number of halogens is 1. The van der Waals surface area contributed by atoms with Crippen LogP contribution in [0.2, 0.25) is 5.02 Å². The van der Waals surface area contributed by atoms with E-state index in [2.05, 4.69) is 6.58 Å². The van der Waals surface area contributed by atoms with E-state index in [0.29, 0.717) is 10.6 Å². The summed E-state index contributed by atoms with van der Waals surface area (Å²) >= 11 is 5.98. The molecule has 1 aromatic carbocycles. The van der Waals surface area contributed by atoms with E-state index in [9.17, 15) is 4.79 Å². The van der Waals surface area contributed by atoms with Crippen molar-refractivity contribution in [2.45, 2.75) is 26.4 Å². The van der Waals surface area contributed by atoms with Gasteiger partial charge in [0.1, 0.15) is 5.60 Å². The summed E-state index contributed by atoms with van der Waals surface area (Å²) in [5, 5.41) is 0.381. The van der Waals surface area contributed by atoms with E-state index in [-0.39, 0.29) is 0 Å². The minimum absolute atomic E-state index is 0.377. The van der Waals surface area contributed by atoms with Crippen LogP contribution in [-0.2, 0) is 4.74 Å². The van der Waals surface area contributed by atoms with Crippen molar-refractivity contribution in [3.05, 3.63) is 40.9 Å². The van der Waals surface area contributed by atoms with Crippen LogP contribution in [0, 0.1) is 0 Å². The number of hydrogen-bond donors (Lipinski definition) is 0. The molecule has 0 radical (unpaired) electrons. The van der Waals surface area contributed by atoms with E-state index < -0.39 is 11.6 Å². The number of hydrogen-bond acceptors (Lipinski definition) is 2. The third-order valence-electron chi connectivity index (χ3n) is 1.85. The van der Waals surface area contributed by atoms with Crippen LogP contribution in [0.3, 0.4) is 0 Å². The number of benzene rings is 1. The zero-order chi connectivity index (χ0) is 12.3. The van der Waals surface area contributed by atoms with E-state index in [1.165, 1.54) is 0 Å². The molecule has 0 aliphatic heterocycles. The van der Waals surface area contributed by atoms with Crippen molar-refractivity contribution in [2.24, 2.45) is 0 Å². The summed E-state index contributed by atoms with van der Waals surface area (Å²) in [7, 11) is 0. The molecule has 86 valence electrons. The van der Waals surface area contributed by atoms with Crippen molar-refractivity contribution in [3.8, 4) is 0 Å². The van der Waals surface area contributed by atoms with Gasteiger partial charge in [0, 0.05) is 0 Å². The Kier molecular flexibility index (Phi) is 3.76. The van der Waals surface area contributed by atoms with Gasteiger partial charge in [-0.1, -0.05) is 30.3 Å². The molecule has 2 nitrogen and oxygen atoms in total. The lowest BCUT2D eigenvalue weighted by atomic mass is 10.1. The lowest BCUT2D eigenvalue weighted by Gasteiger charge is -2.19. The highest BCUT2D eigenvalue weighted by atomic mass is 35.5. The third-order valence-corrected chi connectivity index (χ3v) is 2.16. The Labute approximate surface area is 101 Å². The van der Waals surface area contributed by atoms with Crippen LogP contribution < -0.4 is 0 Å². The Balaban J connectivity index is 2.97. The number of rotatable bonds is 2. The summed E-state index contributed by atoms with van der Waals surface area (Å²) in [6.07, 6.45) is 1.67. The Morgan fingerprint density at radius 3 is 2.50 bits per heavy atom. The van der Waals surface area contributed by atoms with E-state index in [0.717, 1.165) is 5.56 Å². The second-order valence-electron chi connectivity index (χ2n) is 4.45. The van der Waals surface area contributed by atoms with Crippen LogP contribution in [0.5, 0.6) is 0 Å². The van der Waals surface area contributed by atoms with Gasteiger partial charge in [-0.05, 0) is 38.5 Å². The van der Waals surface area contributed by atoms with Crippen LogP contribution in [0.15, 0.2) is 24.8 Å². The van der Waals surface area contributed by atoms with Crippen LogP contribution in [-0.4, -0.2) is 11.6 Å². The summed E-state index contributed by atoms with van der Waals surface area (Å²) in [5.41, 5.74) is 0.733. The Bertz CT molecular complexity index is 416. The smallest absolute Gasteiger partial charge is 0.340 e. The van der Waals surface area contributed by atoms with Crippen molar-refractivity contribution in [3.63, 3.8) is 0 Å². The van der Waals surface area contributed by atoms with Gasteiger partial charge in [0.05, 0.1) is 10.6 Å². The van der Waals surface area contributed by atoms with Gasteiger partial charge in [-0.15, -0.1) is 0 Å². The molecule has 0 saturated heterocycles. The number of carbonyl (C=O) groups is 1. The molecule has 1 rings (SSSR count). The maximum Gasteiger partial charge on any atom is 0.340 e. The molecule has 0 heterocycles. The van der Waals surface area contributed by atoms with Crippen LogP contribution in [0.4, 0.5) is 0 Å². The summed E-state index contributed by atoms with van der Waals surface area (Å²) in [4.78, 5) is 11.7. The van der Waals surface area contributed by atoms with Crippen molar-refractivity contribution in [1.29, 1.82) is 0 Å². The molecule has 0 fully saturated rings. The average molecular weight is 239 g/mol. The molecular weight excluding hydrogens is 224 g/mol. The molecule has 0 amide bonds. The maximum absolute atomic E-state index is 11.7. The Morgan fingerprint density at radius 2 is 2.06 bits per heavy atom. The lowest BCUT2D eigenvalue weighted by Crippen LogP contribution is -2.24. The predicted molar refractivity (Wildman–Crippen MR) is 66.7 cm³/mol. The minimum atomic E-state index is -0.516. The van der Waals surface area contributed by atoms with Gasteiger partial charge in [-0.25, -0.2) is 4.79 Å². The first-order chi connectivity index (χ1) is 7.33. The second-order valence-corrected chi connectivity index (χ2v) is 4.85. The van der Waals surface area contributed by atoms with Crippen LogP contribution in [0.1, 0.15) is 36.7 Å². The first-order valence-corrected chi connectivity index (χ1v) is 5.36. The molecule has 0 bridgehead atoms. The van der Waals surface area contributed by atoms with Crippen molar-refractivity contribution >= 4 is 23.6 Å². The first-order valence-electron chi connectivity index (χ1n) is 4.99. The van der Waals surface area contributed by atoms with Crippen LogP contribution in [0.25, 0.3) is 6.08 Å². The zero-order valence-electron chi connectivity index (χ0n) is 9.71. The molecule has 1 aromatic rings. The van der Waals surface area contributed by atoms with Gasteiger partial charge < -0.3 is 4.74 Å². The first kappa shape index (κ1) is 12.8. The zero-order valence-corrected chi connectivity index (χ0v) is 10.5. The number of esters is 1. The summed E-state index contributed by atoms with van der Waals surface area (Å²) in [5.74, 6) is -0.409. The van der Waals surface area contributed by atoms with E-state index in [1.807, 2.05) is 20.8 Å². The molecular formula is C13H15ClO2.